The van der Waals surface area contributed by atoms with Gasteiger partial charge in [-0.1, -0.05) is 50.6 Å². The van der Waals surface area contributed by atoms with E-state index in [-0.39, 0.29) is 24.5 Å². The SMILES string of the molecule is C[C@@H](CCl)COc1ccc(C(C)(C)c2ccc(OC[C@H](O)CO)cc2)cc1Cl. The standard InChI is InChI=1S/C22H28Cl2O4/c1-15(11-23)13-28-21-9-6-17(10-20(21)24)22(2,3)16-4-7-19(8-5-16)27-14-18(26)12-25/h4-10,15,18,25-26H,11-14H2,1-3H3/t15-,18+/m0/s1. The zero-order valence-electron chi connectivity index (χ0n) is 16.5. The van der Waals surface area contributed by atoms with Crippen molar-refractivity contribution in [2.45, 2.75) is 32.3 Å². The molecule has 0 aliphatic rings. The largest absolute Gasteiger partial charge is 0.492 e. The molecule has 2 atom stereocenters. The Morgan fingerprint density at radius 3 is 2.21 bits per heavy atom. The van der Waals surface area contributed by atoms with Crippen LogP contribution < -0.4 is 9.47 Å². The van der Waals surface area contributed by atoms with Gasteiger partial charge in [-0.2, -0.15) is 0 Å². The first-order valence-electron chi connectivity index (χ1n) is 9.29. The Morgan fingerprint density at radius 2 is 1.64 bits per heavy atom. The number of alkyl halides is 1. The molecule has 0 aliphatic heterocycles. The van der Waals surface area contributed by atoms with Crippen molar-refractivity contribution in [3.63, 3.8) is 0 Å². The van der Waals surface area contributed by atoms with Crippen molar-refractivity contribution in [3.05, 3.63) is 58.6 Å². The molecule has 0 bridgehead atoms. The lowest BCUT2D eigenvalue weighted by molar-refractivity contribution is 0.0536. The van der Waals surface area contributed by atoms with Crippen LogP contribution in [0.5, 0.6) is 11.5 Å². The lowest BCUT2D eigenvalue weighted by Gasteiger charge is -2.27. The van der Waals surface area contributed by atoms with Crippen LogP contribution in [-0.4, -0.2) is 42.0 Å². The predicted molar refractivity (Wildman–Crippen MR) is 114 cm³/mol. The quantitative estimate of drug-likeness (QED) is 0.542. The first kappa shape index (κ1) is 22.8. The first-order chi connectivity index (χ1) is 13.3. The third kappa shape index (κ3) is 6.02. The van der Waals surface area contributed by atoms with E-state index in [1.54, 1.807) is 0 Å². The average molecular weight is 427 g/mol. The van der Waals surface area contributed by atoms with Gasteiger partial charge >= 0.3 is 0 Å². The van der Waals surface area contributed by atoms with Crippen LogP contribution in [0.4, 0.5) is 0 Å². The van der Waals surface area contributed by atoms with E-state index in [4.69, 9.17) is 37.8 Å². The molecular weight excluding hydrogens is 399 g/mol. The van der Waals surface area contributed by atoms with Gasteiger partial charge in [-0.3, -0.25) is 0 Å². The number of halogens is 2. The lowest BCUT2D eigenvalue weighted by atomic mass is 9.78. The fourth-order valence-corrected chi connectivity index (χ4v) is 2.99. The molecule has 6 heteroatoms. The maximum absolute atomic E-state index is 9.38. The zero-order chi connectivity index (χ0) is 20.7. The van der Waals surface area contributed by atoms with Crippen LogP contribution in [0.1, 0.15) is 31.9 Å². The van der Waals surface area contributed by atoms with Gasteiger partial charge in [0.05, 0.1) is 18.2 Å². The second-order valence-electron chi connectivity index (χ2n) is 7.51. The predicted octanol–water partition coefficient (Wildman–Crippen LogP) is 4.65. The molecule has 0 radical (unpaired) electrons. The summed E-state index contributed by atoms with van der Waals surface area (Å²) in [5.41, 5.74) is 1.90. The van der Waals surface area contributed by atoms with E-state index >= 15 is 0 Å². The molecule has 2 rings (SSSR count). The Bertz CT molecular complexity index is 747. The van der Waals surface area contributed by atoms with E-state index < -0.39 is 6.10 Å². The second-order valence-corrected chi connectivity index (χ2v) is 8.23. The van der Waals surface area contributed by atoms with Gasteiger partial charge in [0.25, 0.3) is 0 Å². The Kier molecular flexibility index (Phi) is 8.44. The third-order valence-corrected chi connectivity index (χ3v) is 5.49. The molecule has 4 nitrogen and oxygen atoms in total. The van der Waals surface area contributed by atoms with E-state index in [9.17, 15) is 5.11 Å². The summed E-state index contributed by atoms with van der Waals surface area (Å²) in [5, 5.41) is 18.8. The molecule has 0 saturated heterocycles. The average Bonchev–Trinajstić information content (AvgIpc) is 2.70. The van der Waals surface area contributed by atoms with Crippen LogP contribution >= 0.6 is 23.2 Å². The highest BCUT2D eigenvalue weighted by Gasteiger charge is 2.24. The van der Waals surface area contributed by atoms with Crippen LogP contribution in [0.15, 0.2) is 42.5 Å². The summed E-state index contributed by atoms with van der Waals surface area (Å²) < 4.78 is 11.2. The maximum Gasteiger partial charge on any atom is 0.137 e. The molecule has 0 spiro atoms. The van der Waals surface area contributed by atoms with Crippen LogP contribution in [0.25, 0.3) is 0 Å². The summed E-state index contributed by atoms with van der Waals surface area (Å²) in [7, 11) is 0. The van der Waals surface area contributed by atoms with Gasteiger partial charge in [0.2, 0.25) is 0 Å². The first-order valence-corrected chi connectivity index (χ1v) is 10.2. The van der Waals surface area contributed by atoms with Crippen molar-refractivity contribution in [3.8, 4) is 11.5 Å². The normalized spacial score (nSPS) is 13.8. The van der Waals surface area contributed by atoms with Crippen molar-refractivity contribution in [1.29, 1.82) is 0 Å². The van der Waals surface area contributed by atoms with Crippen LogP contribution in [0, 0.1) is 5.92 Å². The van der Waals surface area contributed by atoms with Gasteiger partial charge < -0.3 is 19.7 Å². The summed E-state index contributed by atoms with van der Waals surface area (Å²) in [6.45, 7) is 6.53. The number of ether oxygens (including phenoxy) is 2. The summed E-state index contributed by atoms with van der Waals surface area (Å²) in [4.78, 5) is 0. The van der Waals surface area contributed by atoms with Crippen LogP contribution in [0.3, 0.4) is 0 Å². The van der Waals surface area contributed by atoms with Crippen LogP contribution in [-0.2, 0) is 5.41 Å². The maximum atomic E-state index is 9.38. The van der Waals surface area contributed by atoms with Crippen molar-refractivity contribution in [2.24, 2.45) is 5.92 Å². The number of rotatable bonds is 10. The van der Waals surface area contributed by atoms with E-state index in [0.717, 1.165) is 11.1 Å². The number of hydrogen-bond acceptors (Lipinski definition) is 4. The van der Waals surface area contributed by atoms with Gasteiger partial charge in [0.15, 0.2) is 0 Å². The zero-order valence-corrected chi connectivity index (χ0v) is 18.0. The molecule has 2 aromatic carbocycles. The monoisotopic (exact) mass is 426 g/mol. The highest BCUT2D eigenvalue weighted by molar-refractivity contribution is 6.32. The van der Waals surface area contributed by atoms with Crippen molar-refractivity contribution < 1.29 is 19.7 Å². The van der Waals surface area contributed by atoms with Gasteiger partial charge in [0.1, 0.15) is 24.2 Å². The summed E-state index contributed by atoms with van der Waals surface area (Å²) in [6.07, 6.45) is -0.883. The molecule has 0 unspecified atom stereocenters. The minimum atomic E-state index is -0.883. The smallest absolute Gasteiger partial charge is 0.137 e. The molecule has 2 N–H and O–H groups in total. The second kappa shape index (κ2) is 10.4. The van der Waals surface area contributed by atoms with Gasteiger partial charge in [0, 0.05) is 17.2 Å². The molecule has 0 amide bonds. The molecule has 28 heavy (non-hydrogen) atoms. The molecule has 2 aromatic rings. The fraction of sp³-hybridized carbons (Fsp3) is 0.455. The number of benzene rings is 2. The van der Waals surface area contributed by atoms with E-state index in [0.29, 0.717) is 29.0 Å². The van der Waals surface area contributed by atoms with Gasteiger partial charge in [-0.05, 0) is 35.4 Å². The minimum Gasteiger partial charge on any atom is -0.492 e. The molecule has 0 heterocycles. The third-order valence-electron chi connectivity index (χ3n) is 4.67. The molecule has 154 valence electrons. The van der Waals surface area contributed by atoms with Crippen molar-refractivity contribution >= 4 is 23.2 Å². The highest BCUT2D eigenvalue weighted by Crippen LogP contribution is 2.36. The summed E-state index contributed by atoms with van der Waals surface area (Å²) >= 11 is 12.3. The molecular formula is C22H28Cl2O4. The molecule has 0 saturated carbocycles. The topological polar surface area (TPSA) is 58.9 Å². The van der Waals surface area contributed by atoms with E-state index in [2.05, 4.69) is 13.8 Å². The number of aliphatic hydroxyl groups excluding tert-OH is 2. The lowest BCUT2D eigenvalue weighted by Crippen LogP contribution is -2.21. The Labute approximate surface area is 177 Å². The van der Waals surface area contributed by atoms with Crippen LogP contribution in [0.2, 0.25) is 5.02 Å². The summed E-state index contributed by atoms with van der Waals surface area (Å²) in [6, 6.07) is 13.5. The van der Waals surface area contributed by atoms with E-state index in [1.807, 2.05) is 49.4 Å². The van der Waals surface area contributed by atoms with E-state index in [1.165, 1.54) is 0 Å². The Morgan fingerprint density at radius 1 is 1.00 bits per heavy atom. The Balaban J connectivity index is 2.11. The molecule has 0 aromatic heterocycles. The molecule has 0 fully saturated rings. The highest BCUT2D eigenvalue weighted by atomic mass is 35.5. The molecule has 0 aliphatic carbocycles. The van der Waals surface area contributed by atoms with Crippen molar-refractivity contribution in [2.75, 3.05) is 25.7 Å². The van der Waals surface area contributed by atoms with Crippen molar-refractivity contribution in [1.82, 2.24) is 0 Å². The number of aliphatic hydroxyl groups is 2. The Hall–Kier alpha value is -1.46. The minimum absolute atomic E-state index is 0.0542. The van der Waals surface area contributed by atoms with Gasteiger partial charge in [-0.15, -0.1) is 11.6 Å². The fourth-order valence-electron chi connectivity index (χ4n) is 2.66. The van der Waals surface area contributed by atoms with Gasteiger partial charge in [-0.25, -0.2) is 0 Å². The number of hydrogen-bond donors (Lipinski definition) is 2. The summed E-state index contributed by atoms with van der Waals surface area (Å²) in [5.74, 6) is 2.10.